The van der Waals surface area contributed by atoms with Crippen molar-refractivity contribution in [1.29, 1.82) is 0 Å². The molecule has 0 aliphatic rings. The van der Waals surface area contributed by atoms with E-state index in [2.05, 4.69) is 0 Å². The molecular formula is C8H4Cl2O2. The molecule has 0 N–H and O–H groups in total. The summed E-state index contributed by atoms with van der Waals surface area (Å²) in [6, 6.07) is 2.81. The first kappa shape index (κ1) is 9.23. The number of benzene rings is 1. The van der Waals surface area contributed by atoms with Crippen LogP contribution < -0.4 is 0 Å². The SMILES string of the molecule is O=Cc1cc(Cl)cc(Cl)c1C=O. The van der Waals surface area contributed by atoms with Gasteiger partial charge in [0.05, 0.1) is 5.02 Å². The van der Waals surface area contributed by atoms with Crippen LogP contribution in [0.5, 0.6) is 0 Å². The number of halogens is 2. The van der Waals surface area contributed by atoms with Crippen molar-refractivity contribution in [3.8, 4) is 0 Å². The van der Waals surface area contributed by atoms with Gasteiger partial charge in [0.2, 0.25) is 0 Å². The Morgan fingerprint density at radius 2 is 1.75 bits per heavy atom. The summed E-state index contributed by atoms with van der Waals surface area (Å²) >= 11 is 11.2. The van der Waals surface area contributed by atoms with Crippen molar-refractivity contribution >= 4 is 35.8 Å². The van der Waals surface area contributed by atoms with Gasteiger partial charge in [-0.25, -0.2) is 0 Å². The predicted molar refractivity (Wildman–Crippen MR) is 47.2 cm³/mol. The van der Waals surface area contributed by atoms with Gasteiger partial charge in [0.25, 0.3) is 0 Å². The topological polar surface area (TPSA) is 34.1 Å². The molecule has 0 aliphatic heterocycles. The molecule has 1 aromatic carbocycles. The second kappa shape index (κ2) is 3.70. The molecule has 2 nitrogen and oxygen atoms in total. The molecule has 0 saturated carbocycles. The average Bonchev–Trinajstić information content (AvgIpc) is 2.03. The lowest BCUT2D eigenvalue weighted by atomic mass is 10.1. The normalized spacial score (nSPS) is 9.50. The minimum absolute atomic E-state index is 0.177. The Labute approximate surface area is 79.1 Å². The molecule has 0 radical (unpaired) electrons. The highest BCUT2D eigenvalue weighted by Crippen LogP contribution is 2.22. The summed E-state index contributed by atoms with van der Waals surface area (Å²) in [6.45, 7) is 0. The molecule has 0 heterocycles. The smallest absolute Gasteiger partial charge is 0.152 e. The Hall–Kier alpha value is -0.860. The monoisotopic (exact) mass is 202 g/mol. The van der Waals surface area contributed by atoms with Gasteiger partial charge < -0.3 is 0 Å². The third-order valence-electron chi connectivity index (χ3n) is 1.37. The quantitative estimate of drug-likeness (QED) is 0.692. The van der Waals surface area contributed by atoms with Crippen molar-refractivity contribution in [3.63, 3.8) is 0 Å². The average molecular weight is 203 g/mol. The molecule has 1 aromatic rings. The second-order valence-electron chi connectivity index (χ2n) is 2.13. The molecule has 0 bridgehead atoms. The van der Waals surface area contributed by atoms with E-state index in [1.54, 1.807) is 0 Å². The van der Waals surface area contributed by atoms with E-state index in [9.17, 15) is 9.59 Å². The molecule has 0 amide bonds. The van der Waals surface area contributed by atoms with Gasteiger partial charge in [-0.1, -0.05) is 23.2 Å². The molecule has 0 saturated heterocycles. The number of carbonyl (C=O) groups excluding carboxylic acids is 2. The van der Waals surface area contributed by atoms with Crippen molar-refractivity contribution < 1.29 is 9.59 Å². The van der Waals surface area contributed by atoms with E-state index in [4.69, 9.17) is 23.2 Å². The molecule has 0 spiro atoms. The molecule has 12 heavy (non-hydrogen) atoms. The van der Waals surface area contributed by atoms with E-state index in [0.29, 0.717) is 17.6 Å². The number of carbonyl (C=O) groups is 2. The molecule has 1 rings (SSSR count). The maximum Gasteiger partial charge on any atom is 0.152 e. The Balaban J connectivity index is 3.43. The highest BCUT2D eigenvalue weighted by molar-refractivity contribution is 6.36. The Morgan fingerprint density at radius 3 is 2.25 bits per heavy atom. The summed E-state index contributed by atoms with van der Waals surface area (Å²) in [5.41, 5.74) is 0.388. The predicted octanol–water partition coefficient (Wildman–Crippen LogP) is 2.62. The van der Waals surface area contributed by atoms with Crippen LogP contribution in [0.25, 0.3) is 0 Å². The van der Waals surface area contributed by atoms with Crippen LogP contribution in [-0.4, -0.2) is 12.6 Å². The highest BCUT2D eigenvalue weighted by atomic mass is 35.5. The Morgan fingerprint density at radius 1 is 1.08 bits per heavy atom. The first-order chi connectivity index (χ1) is 5.69. The lowest BCUT2D eigenvalue weighted by molar-refractivity contribution is 0.109. The second-order valence-corrected chi connectivity index (χ2v) is 2.97. The molecule has 0 atom stereocenters. The number of rotatable bonds is 2. The zero-order chi connectivity index (χ0) is 9.14. The fraction of sp³-hybridized carbons (Fsp3) is 0. The fourth-order valence-electron chi connectivity index (χ4n) is 0.827. The first-order valence-corrected chi connectivity index (χ1v) is 3.84. The van der Waals surface area contributed by atoms with Gasteiger partial charge >= 0.3 is 0 Å². The lowest BCUT2D eigenvalue weighted by Crippen LogP contribution is -1.91. The lowest BCUT2D eigenvalue weighted by Gasteiger charge is -1.99. The summed E-state index contributed by atoms with van der Waals surface area (Å²) in [5, 5.41) is 0.535. The van der Waals surface area contributed by atoms with Crippen molar-refractivity contribution in [1.82, 2.24) is 0 Å². The third-order valence-corrected chi connectivity index (χ3v) is 1.90. The van der Waals surface area contributed by atoms with Crippen LogP contribution in [0.3, 0.4) is 0 Å². The van der Waals surface area contributed by atoms with Crippen molar-refractivity contribution in [2.45, 2.75) is 0 Å². The summed E-state index contributed by atoms with van der Waals surface area (Å²) in [4.78, 5) is 20.8. The van der Waals surface area contributed by atoms with E-state index in [0.717, 1.165) is 0 Å². The fourth-order valence-corrected chi connectivity index (χ4v) is 1.38. The van der Waals surface area contributed by atoms with Crippen molar-refractivity contribution in [3.05, 3.63) is 33.3 Å². The van der Waals surface area contributed by atoms with Crippen LogP contribution in [-0.2, 0) is 0 Å². The van der Waals surface area contributed by atoms with Crippen LogP contribution in [0.2, 0.25) is 10.0 Å². The molecule has 0 unspecified atom stereocenters. The largest absolute Gasteiger partial charge is 0.298 e. The Bertz CT molecular complexity index is 334. The molecule has 62 valence electrons. The van der Waals surface area contributed by atoms with Gasteiger partial charge in [0.1, 0.15) is 0 Å². The van der Waals surface area contributed by atoms with Crippen LogP contribution >= 0.6 is 23.2 Å². The minimum atomic E-state index is 0.177. The summed E-state index contributed by atoms with van der Waals surface area (Å²) in [6.07, 6.45) is 1.07. The van der Waals surface area contributed by atoms with Crippen LogP contribution in [0, 0.1) is 0 Å². The van der Waals surface area contributed by atoms with Gasteiger partial charge in [0.15, 0.2) is 12.6 Å². The summed E-state index contributed by atoms with van der Waals surface area (Å²) in [5.74, 6) is 0. The van der Waals surface area contributed by atoms with E-state index < -0.39 is 0 Å². The zero-order valence-electron chi connectivity index (χ0n) is 5.88. The molecule has 0 aromatic heterocycles. The van der Waals surface area contributed by atoms with Crippen LogP contribution in [0.4, 0.5) is 0 Å². The minimum Gasteiger partial charge on any atom is -0.298 e. The van der Waals surface area contributed by atoms with E-state index in [-0.39, 0.29) is 16.1 Å². The standard InChI is InChI=1S/C8H4Cl2O2/c9-6-1-5(3-11)7(4-12)8(10)2-6/h1-4H. The Kier molecular flexibility index (Phi) is 2.84. The molecule has 4 heteroatoms. The highest BCUT2D eigenvalue weighted by Gasteiger charge is 2.06. The van der Waals surface area contributed by atoms with Gasteiger partial charge in [-0.15, -0.1) is 0 Å². The van der Waals surface area contributed by atoms with Crippen molar-refractivity contribution in [2.75, 3.05) is 0 Å². The van der Waals surface area contributed by atoms with Gasteiger partial charge in [0, 0.05) is 16.1 Å². The zero-order valence-corrected chi connectivity index (χ0v) is 7.39. The summed E-state index contributed by atoms with van der Waals surface area (Å²) < 4.78 is 0. The molecule has 0 fully saturated rings. The summed E-state index contributed by atoms with van der Waals surface area (Å²) in [7, 11) is 0. The van der Waals surface area contributed by atoms with Gasteiger partial charge in [-0.3, -0.25) is 9.59 Å². The number of aldehydes is 2. The molecule has 0 aliphatic carbocycles. The van der Waals surface area contributed by atoms with Gasteiger partial charge in [-0.2, -0.15) is 0 Å². The maximum atomic E-state index is 10.4. The number of hydrogen-bond donors (Lipinski definition) is 0. The van der Waals surface area contributed by atoms with Crippen molar-refractivity contribution in [2.24, 2.45) is 0 Å². The third kappa shape index (κ3) is 1.65. The maximum absolute atomic E-state index is 10.4. The number of hydrogen-bond acceptors (Lipinski definition) is 2. The van der Waals surface area contributed by atoms with Crippen LogP contribution in [0.1, 0.15) is 20.7 Å². The van der Waals surface area contributed by atoms with E-state index in [1.807, 2.05) is 0 Å². The van der Waals surface area contributed by atoms with Gasteiger partial charge in [-0.05, 0) is 12.1 Å². The van der Waals surface area contributed by atoms with Crippen LogP contribution in [0.15, 0.2) is 12.1 Å². The molecular weight excluding hydrogens is 199 g/mol. The van der Waals surface area contributed by atoms with E-state index in [1.165, 1.54) is 12.1 Å². The van der Waals surface area contributed by atoms with E-state index >= 15 is 0 Å². The first-order valence-electron chi connectivity index (χ1n) is 3.08.